The third-order valence-corrected chi connectivity index (χ3v) is 20.8. The van der Waals surface area contributed by atoms with Crippen molar-refractivity contribution < 1.29 is 36.4 Å². The number of hydrogen-bond acceptors (Lipinski definition) is 8. The van der Waals surface area contributed by atoms with E-state index in [4.69, 9.17) is 18.1 Å². The maximum absolute atomic E-state index is 14.7. The number of hydrogen-bond donors (Lipinski definition) is 0. The summed E-state index contributed by atoms with van der Waals surface area (Å²) in [5, 5.41) is 2.73. The molecule has 4 aromatic rings. The summed E-state index contributed by atoms with van der Waals surface area (Å²) < 4.78 is 81.0. The Balaban J connectivity index is 1.12. The molecular weight excluding hydrogens is 672 g/mol. The average molecular weight is 713 g/mol. The topological polar surface area (TPSA) is 105 Å². The molecule has 0 amide bonds. The van der Waals surface area contributed by atoms with Crippen molar-refractivity contribution in [1.82, 2.24) is 0 Å². The zero-order valence-electron chi connectivity index (χ0n) is 26.5. The Kier molecular flexibility index (Phi) is 10.2. The van der Waals surface area contributed by atoms with Gasteiger partial charge < -0.3 is 27.2 Å². The Morgan fingerprint density at radius 2 is 0.745 bits per heavy atom. The SMILES string of the molecule is CC(CP1(=O)OCC2(CO1)COP(=O)(CC(C)P(=O)(c1ccccc1)c1ccccc1)OC2)P(=O)(c1ccccc1)c1ccccc1. The molecule has 12 heteroatoms. The summed E-state index contributed by atoms with van der Waals surface area (Å²) in [6, 6.07) is 37.0. The first-order valence-electron chi connectivity index (χ1n) is 15.7. The fourth-order valence-electron chi connectivity index (χ4n) is 6.27. The largest absolute Gasteiger partial charge is 0.331 e. The second-order valence-corrected chi connectivity index (χ2v) is 23.2. The van der Waals surface area contributed by atoms with E-state index in [9.17, 15) is 18.3 Å². The minimum absolute atomic E-state index is 0.0139. The molecule has 1 spiro atoms. The Morgan fingerprint density at radius 3 is 0.979 bits per heavy atom. The Morgan fingerprint density at radius 1 is 0.511 bits per heavy atom. The molecule has 0 saturated carbocycles. The van der Waals surface area contributed by atoms with Gasteiger partial charge in [-0.25, -0.2) is 0 Å². The first kappa shape index (κ1) is 34.5. The van der Waals surface area contributed by atoms with Crippen LogP contribution in [0.1, 0.15) is 13.8 Å². The van der Waals surface area contributed by atoms with Gasteiger partial charge in [0, 0.05) is 32.5 Å². The molecule has 0 radical (unpaired) electrons. The van der Waals surface area contributed by atoms with Crippen molar-refractivity contribution in [1.29, 1.82) is 0 Å². The highest BCUT2D eigenvalue weighted by Crippen LogP contribution is 2.64. The predicted molar refractivity (Wildman–Crippen MR) is 190 cm³/mol. The quantitative estimate of drug-likeness (QED) is 0.158. The van der Waals surface area contributed by atoms with E-state index in [1.165, 1.54) is 0 Å². The van der Waals surface area contributed by atoms with E-state index < -0.39 is 46.2 Å². The highest BCUT2D eigenvalue weighted by Gasteiger charge is 2.51. The van der Waals surface area contributed by atoms with Crippen molar-refractivity contribution in [3.8, 4) is 0 Å². The van der Waals surface area contributed by atoms with Gasteiger partial charge in [0.05, 0.1) is 44.2 Å². The zero-order valence-corrected chi connectivity index (χ0v) is 30.1. The Labute approximate surface area is 277 Å². The molecule has 2 aliphatic rings. The molecular formula is C35H40O8P4. The molecule has 0 aliphatic carbocycles. The van der Waals surface area contributed by atoms with Gasteiger partial charge >= 0.3 is 15.2 Å². The summed E-state index contributed by atoms with van der Waals surface area (Å²) in [6.45, 7) is 3.71. The third-order valence-electron chi connectivity index (χ3n) is 9.05. The normalized spacial score (nSPS) is 26.4. The lowest BCUT2D eigenvalue weighted by Crippen LogP contribution is -2.46. The molecule has 248 valence electrons. The van der Waals surface area contributed by atoms with Crippen LogP contribution >= 0.6 is 29.5 Å². The maximum atomic E-state index is 14.7. The van der Waals surface area contributed by atoms with Gasteiger partial charge in [-0.05, 0) is 0 Å². The smallest absolute Gasteiger partial charge is 0.313 e. The summed E-state index contributed by atoms with van der Waals surface area (Å²) in [7, 11) is -13.7. The second-order valence-electron chi connectivity index (χ2n) is 12.5. The summed E-state index contributed by atoms with van der Waals surface area (Å²) in [5.41, 5.74) is -1.87. The zero-order chi connectivity index (χ0) is 33.2. The van der Waals surface area contributed by atoms with Crippen LogP contribution in [0.5, 0.6) is 0 Å². The summed E-state index contributed by atoms with van der Waals surface area (Å²) in [4.78, 5) is 0. The average Bonchev–Trinajstić information content (AvgIpc) is 3.11. The van der Waals surface area contributed by atoms with Crippen LogP contribution < -0.4 is 21.2 Å². The van der Waals surface area contributed by atoms with E-state index in [0.717, 1.165) is 0 Å². The van der Waals surface area contributed by atoms with Crippen LogP contribution in [0, 0.1) is 5.41 Å². The van der Waals surface area contributed by atoms with E-state index in [2.05, 4.69) is 0 Å². The summed E-state index contributed by atoms with van der Waals surface area (Å²) >= 11 is 0. The monoisotopic (exact) mass is 712 g/mol. The van der Waals surface area contributed by atoms with Gasteiger partial charge in [0.2, 0.25) is 0 Å². The minimum Gasteiger partial charge on any atom is -0.313 e. The van der Waals surface area contributed by atoms with Crippen molar-refractivity contribution in [3.05, 3.63) is 121 Å². The van der Waals surface area contributed by atoms with Crippen molar-refractivity contribution in [2.45, 2.75) is 25.2 Å². The fraction of sp³-hybridized carbons (Fsp3) is 0.314. The molecule has 2 unspecified atom stereocenters. The fourth-order valence-corrected chi connectivity index (χ4v) is 18.1. The third kappa shape index (κ3) is 7.04. The number of rotatable bonds is 10. The van der Waals surface area contributed by atoms with Crippen LogP contribution in [-0.4, -0.2) is 50.1 Å². The standard InChI is InChI=1S/C35H40O8P4/c1-29(46(38,31-15-7-3-8-16-31)32-17-9-4-10-18-32)23-44(36)40-25-35(26-41-44)27-42-45(37,43-28-35)24-30(2)47(39,33-19-11-5-12-20-33)34-21-13-6-14-22-34/h3-22,29-30H,23-28H2,1-2H3. The number of benzene rings is 4. The molecule has 2 fully saturated rings. The Hall–Kier alpha value is -2.36. The second kappa shape index (κ2) is 13.9. The van der Waals surface area contributed by atoms with E-state index >= 15 is 0 Å². The van der Waals surface area contributed by atoms with Crippen LogP contribution in [0.15, 0.2) is 121 Å². The molecule has 47 heavy (non-hydrogen) atoms. The lowest BCUT2D eigenvalue weighted by atomic mass is 9.93. The van der Waals surface area contributed by atoms with Crippen molar-refractivity contribution in [2.24, 2.45) is 5.41 Å². The summed E-state index contributed by atoms with van der Waals surface area (Å²) in [6.07, 6.45) is -0.0632. The van der Waals surface area contributed by atoms with Crippen LogP contribution in [0.3, 0.4) is 0 Å². The molecule has 2 aliphatic heterocycles. The van der Waals surface area contributed by atoms with Gasteiger partial charge in [-0.3, -0.25) is 9.13 Å². The van der Waals surface area contributed by atoms with Crippen LogP contribution in [0.25, 0.3) is 0 Å². The van der Waals surface area contributed by atoms with Gasteiger partial charge in [-0.2, -0.15) is 0 Å². The van der Waals surface area contributed by atoms with E-state index in [1.54, 1.807) is 0 Å². The predicted octanol–water partition coefficient (Wildman–Crippen LogP) is 7.26. The van der Waals surface area contributed by atoms with Crippen molar-refractivity contribution in [3.63, 3.8) is 0 Å². The van der Waals surface area contributed by atoms with Crippen LogP contribution in [0.4, 0.5) is 0 Å². The van der Waals surface area contributed by atoms with Crippen LogP contribution in [0.2, 0.25) is 0 Å². The molecule has 0 bridgehead atoms. The molecule has 0 N–H and O–H groups in total. The highest BCUT2D eigenvalue weighted by atomic mass is 31.2. The molecule has 8 nitrogen and oxygen atoms in total. The van der Waals surface area contributed by atoms with Crippen LogP contribution in [-0.2, 0) is 36.4 Å². The van der Waals surface area contributed by atoms with E-state index in [0.29, 0.717) is 21.2 Å². The molecule has 0 aromatic heterocycles. The minimum atomic E-state index is -3.63. The first-order chi connectivity index (χ1) is 22.5. The molecule has 6 rings (SSSR count). The highest BCUT2D eigenvalue weighted by molar-refractivity contribution is 7.80. The van der Waals surface area contributed by atoms with Gasteiger partial charge in [-0.1, -0.05) is 135 Å². The Bertz CT molecular complexity index is 1600. The molecule has 4 aromatic carbocycles. The van der Waals surface area contributed by atoms with Gasteiger partial charge in [0.25, 0.3) is 0 Å². The van der Waals surface area contributed by atoms with Gasteiger partial charge in [0.1, 0.15) is 14.3 Å². The van der Waals surface area contributed by atoms with Crippen molar-refractivity contribution in [2.75, 3.05) is 38.8 Å². The first-order valence-corrected chi connectivity index (χ1v) is 22.7. The maximum Gasteiger partial charge on any atom is 0.331 e. The van der Waals surface area contributed by atoms with Gasteiger partial charge in [-0.15, -0.1) is 0 Å². The van der Waals surface area contributed by atoms with Gasteiger partial charge in [0.15, 0.2) is 0 Å². The molecule has 2 atom stereocenters. The summed E-state index contributed by atoms with van der Waals surface area (Å²) in [5.74, 6) is 0. The van der Waals surface area contributed by atoms with E-state index in [1.807, 2.05) is 135 Å². The van der Waals surface area contributed by atoms with E-state index in [-0.39, 0.29) is 38.8 Å². The van der Waals surface area contributed by atoms with Crippen molar-refractivity contribution >= 4 is 50.7 Å². The molecule has 2 heterocycles. The lowest BCUT2D eigenvalue weighted by Gasteiger charge is -2.44. The molecule has 2 saturated heterocycles. The lowest BCUT2D eigenvalue weighted by molar-refractivity contribution is -0.0683.